The average Bonchev–Trinajstić information content (AvgIpc) is 3.09. The van der Waals surface area contributed by atoms with Crippen molar-refractivity contribution in [2.24, 2.45) is 0 Å². The Labute approximate surface area is 147 Å². The van der Waals surface area contributed by atoms with Crippen molar-refractivity contribution in [3.63, 3.8) is 0 Å². The summed E-state index contributed by atoms with van der Waals surface area (Å²) >= 11 is 3.14. The third-order valence-electron chi connectivity index (χ3n) is 3.27. The minimum absolute atomic E-state index is 0.153. The van der Waals surface area contributed by atoms with Crippen molar-refractivity contribution in [1.82, 2.24) is 0 Å². The molecule has 0 aliphatic carbocycles. The predicted molar refractivity (Wildman–Crippen MR) is 98.2 cm³/mol. The number of thiophene rings is 1. The molecule has 122 valence electrons. The molecular formula is C18H15NO3S2. The lowest BCUT2D eigenvalue weighted by Gasteiger charge is -2.14. The zero-order valence-electron chi connectivity index (χ0n) is 12.6. The Morgan fingerprint density at radius 3 is 2.67 bits per heavy atom. The van der Waals surface area contributed by atoms with Gasteiger partial charge in [0.05, 0.1) is 16.1 Å². The second kappa shape index (κ2) is 7.42. The quantitative estimate of drug-likeness (QED) is 0.473. The number of rotatable bonds is 6. The Balaban J connectivity index is 1.93. The summed E-state index contributed by atoms with van der Waals surface area (Å²) in [7, 11) is 0. The first kappa shape index (κ1) is 16.4. The number of nitrogen functional groups attached to an aromatic ring is 1. The number of anilines is 1. The fourth-order valence-corrected chi connectivity index (χ4v) is 3.88. The van der Waals surface area contributed by atoms with E-state index in [4.69, 9.17) is 10.5 Å². The van der Waals surface area contributed by atoms with Crippen LogP contribution in [0.15, 0.2) is 64.2 Å². The van der Waals surface area contributed by atoms with E-state index in [1.165, 1.54) is 23.4 Å². The van der Waals surface area contributed by atoms with Gasteiger partial charge in [0.2, 0.25) is 0 Å². The smallest absolute Gasteiger partial charge is 0.335 e. The first-order valence-electron chi connectivity index (χ1n) is 7.17. The molecule has 1 heterocycles. The highest BCUT2D eigenvalue weighted by molar-refractivity contribution is 7.98. The van der Waals surface area contributed by atoms with Crippen LogP contribution < -0.4 is 10.5 Å². The van der Waals surface area contributed by atoms with E-state index in [0.29, 0.717) is 22.1 Å². The number of hydrogen-bond acceptors (Lipinski definition) is 5. The molecule has 0 aliphatic heterocycles. The number of ether oxygens (including phenoxy) is 1. The summed E-state index contributed by atoms with van der Waals surface area (Å²) in [5, 5.41) is 13.3. The van der Waals surface area contributed by atoms with Crippen LogP contribution in [-0.4, -0.2) is 11.1 Å². The maximum Gasteiger partial charge on any atom is 0.335 e. The number of hydrogen-bond donors (Lipinski definition) is 2. The van der Waals surface area contributed by atoms with E-state index < -0.39 is 5.97 Å². The molecule has 3 aromatic rings. The summed E-state index contributed by atoms with van der Waals surface area (Å²) in [4.78, 5) is 12.0. The van der Waals surface area contributed by atoms with Crippen LogP contribution in [0.25, 0.3) is 0 Å². The maximum absolute atomic E-state index is 11.3. The van der Waals surface area contributed by atoms with Crippen molar-refractivity contribution in [1.29, 1.82) is 0 Å². The van der Waals surface area contributed by atoms with Gasteiger partial charge in [0.25, 0.3) is 0 Å². The summed E-state index contributed by atoms with van der Waals surface area (Å²) in [5.41, 5.74) is 7.70. The van der Waals surface area contributed by atoms with Gasteiger partial charge in [0.15, 0.2) is 5.75 Å². The first-order valence-corrected chi connectivity index (χ1v) is 9.10. The molecule has 0 bridgehead atoms. The molecule has 0 spiro atoms. The molecule has 0 amide bonds. The van der Waals surface area contributed by atoms with Gasteiger partial charge in [-0.05, 0) is 46.7 Å². The molecule has 1 aromatic heterocycles. The van der Waals surface area contributed by atoms with Gasteiger partial charge in [-0.1, -0.05) is 18.2 Å². The molecule has 0 saturated heterocycles. The molecule has 0 unspecified atom stereocenters. The van der Waals surface area contributed by atoms with E-state index in [9.17, 15) is 9.90 Å². The van der Waals surface area contributed by atoms with Crippen LogP contribution in [0.5, 0.6) is 11.5 Å². The van der Waals surface area contributed by atoms with Gasteiger partial charge >= 0.3 is 5.97 Å². The van der Waals surface area contributed by atoms with Crippen LogP contribution in [0.4, 0.5) is 5.69 Å². The minimum atomic E-state index is -1.01. The second-order valence-electron chi connectivity index (χ2n) is 5.03. The van der Waals surface area contributed by atoms with Crippen LogP contribution in [0.3, 0.4) is 0 Å². The highest BCUT2D eigenvalue weighted by atomic mass is 32.2. The topological polar surface area (TPSA) is 72.6 Å². The van der Waals surface area contributed by atoms with Gasteiger partial charge < -0.3 is 15.6 Å². The largest absolute Gasteiger partial charge is 0.478 e. The van der Waals surface area contributed by atoms with Crippen molar-refractivity contribution >= 4 is 34.8 Å². The van der Waals surface area contributed by atoms with Crippen LogP contribution in [0, 0.1) is 0 Å². The highest BCUT2D eigenvalue weighted by Gasteiger charge is 2.15. The number of thioether (sulfide) groups is 1. The molecular weight excluding hydrogens is 342 g/mol. The lowest BCUT2D eigenvalue weighted by atomic mass is 10.2. The summed E-state index contributed by atoms with van der Waals surface area (Å²) in [5.74, 6) is 0.860. The Morgan fingerprint density at radius 1 is 1.21 bits per heavy atom. The summed E-state index contributed by atoms with van der Waals surface area (Å²) in [6, 6.07) is 14.4. The number of nitrogens with two attached hydrogens (primary N) is 1. The second-order valence-corrected chi connectivity index (χ2v) is 6.83. The van der Waals surface area contributed by atoms with E-state index in [-0.39, 0.29) is 5.56 Å². The fourth-order valence-electron chi connectivity index (χ4n) is 2.11. The van der Waals surface area contributed by atoms with Crippen molar-refractivity contribution < 1.29 is 14.6 Å². The number of carbonyl (C=O) groups is 1. The SMILES string of the molecule is Nc1cc(C(=O)O)cc(SCc2ccsc2)c1Oc1ccccc1. The van der Waals surface area contributed by atoms with E-state index >= 15 is 0 Å². The van der Waals surface area contributed by atoms with Crippen molar-refractivity contribution in [2.45, 2.75) is 10.6 Å². The fraction of sp³-hybridized carbons (Fsp3) is 0.0556. The lowest BCUT2D eigenvalue weighted by molar-refractivity contribution is 0.0696. The van der Waals surface area contributed by atoms with Crippen LogP contribution in [-0.2, 0) is 5.75 Å². The Kier molecular flexibility index (Phi) is 5.08. The average molecular weight is 357 g/mol. The molecule has 0 atom stereocenters. The number of para-hydroxylation sites is 1. The number of carboxylic acid groups (broad SMARTS) is 1. The minimum Gasteiger partial charge on any atom is -0.478 e. The normalized spacial score (nSPS) is 10.5. The van der Waals surface area contributed by atoms with Crippen LogP contribution >= 0.6 is 23.1 Å². The zero-order chi connectivity index (χ0) is 16.9. The molecule has 0 saturated carbocycles. The molecule has 0 radical (unpaired) electrons. The van der Waals surface area contributed by atoms with E-state index in [1.807, 2.05) is 41.8 Å². The third kappa shape index (κ3) is 3.90. The summed E-state index contributed by atoms with van der Waals surface area (Å²) in [6.45, 7) is 0. The number of carboxylic acids is 1. The molecule has 2 aromatic carbocycles. The summed E-state index contributed by atoms with van der Waals surface area (Å²) < 4.78 is 5.91. The van der Waals surface area contributed by atoms with E-state index in [0.717, 1.165) is 5.75 Å². The van der Waals surface area contributed by atoms with E-state index in [1.54, 1.807) is 17.4 Å². The van der Waals surface area contributed by atoms with Gasteiger partial charge in [-0.25, -0.2) is 4.79 Å². The Hall–Kier alpha value is -2.44. The highest BCUT2D eigenvalue weighted by Crippen LogP contribution is 2.40. The number of benzene rings is 2. The molecule has 6 heteroatoms. The van der Waals surface area contributed by atoms with Gasteiger partial charge in [0.1, 0.15) is 5.75 Å². The monoisotopic (exact) mass is 357 g/mol. The molecule has 3 N–H and O–H groups in total. The Morgan fingerprint density at radius 2 is 2.00 bits per heavy atom. The standard InChI is InChI=1S/C18H15NO3S2/c19-15-8-13(18(20)21)9-16(24-11-12-6-7-23-10-12)17(15)22-14-4-2-1-3-5-14/h1-10H,11,19H2,(H,20,21). The molecule has 4 nitrogen and oxygen atoms in total. The maximum atomic E-state index is 11.3. The van der Waals surface area contributed by atoms with Crippen molar-refractivity contribution in [3.05, 3.63) is 70.4 Å². The van der Waals surface area contributed by atoms with Gasteiger partial charge in [0, 0.05) is 5.75 Å². The van der Waals surface area contributed by atoms with Gasteiger partial charge in [-0.15, -0.1) is 11.8 Å². The molecule has 24 heavy (non-hydrogen) atoms. The lowest BCUT2D eigenvalue weighted by Crippen LogP contribution is -2.01. The van der Waals surface area contributed by atoms with Gasteiger partial charge in [-0.3, -0.25) is 0 Å². The van der Waals surface area contributed by atoms with Crippen LogP contribution in [0.2, 0.25) is 0 Å². The molecule has 0 fully saturated rings. The van der Waals surface area contributed by atoms with Crippen LogP contribution in [0.1, 0.15) is 15.9 Å². The summed E-state index contributed by atoms with van der Waals surface area (Å²) in [6.07, 6.45) is 0. The molecule has 3 rings (SSSR count). The third-order valence-corrected chi connectivity index (χ3v) is 5.09. The Bertz CT molecular complexity index is 833. The zero-order valence-corrected chi connectivity index (χ0v) is 14.3. The van der Waals surface area contributed by atoms with Crippen molar-refractivity contribution in [2.75, 3.05) is 5.73 Å². The van der Waals surface area contributed by atoms with E-state index in [2.05, 4.69) is 5.38 Å². The van der Waals surface area contributed by atoms with Crippen molar-refractivity contribution in [3.8, 4) is 11.5 Å². The van der Waals surface area contributed by atoms with Gasteiger partial charge in [-0.2, -0.15) is 11.3 Å². The number of aromatic carboxylic acids is 1. The predicted octanol–water partition coefficient (Wildman–Crippen LogP) is 5.11. The first-order chi connectivity index (χ1) is 11.6. The molecule has 0 aliphatic rings.